The molecule has 3 N–H and O–H groups in total. The highest BCUT2D eigenvalue weighted by atomic mass is 19.4. The Kier molecular flexibility index (Phi) is 8.00. The minimum absolute atomic E-state index is 0.0564. The molecular weight excluding hydrogens is 503 g/mol. The number of halogens is 3. The largest absolute Gasteiger partial charge is 0.489 e. The molecule has 1 aliphatic rings. The topological polar surface area (TPSA) is 118 Å². The molecule has 0 atom stereocenters. The van der Waals surface area contributed by atoms with Gasteiger partial charge in [0, 0.05) is 11.8 Å². The van der Waals surface area contributed by atoms with Gasteiger partial charge in [-0.25, -0.2) is 4.98 Å². The molecule has 1 saturated heterocycles. The summed E-state index contributed by atoms with van der Waals surface area (Å²) < 4.78 is 50.2. The monoisotopic (exact) mass is 531 g/mol. The standard InChI is InChI=1S/C26H28F3N5O4/c1-25(2,26(27,28)29)21-14-22(34-38-21)33-23(35)13-16-3-5-17(6-4-16)32-24(36)20-8-7-19(15-31-20)37-18-9-11-30-12-10-18/h3-8,14-15,18,30H,9-13H2,1-2H3,(H,32,36)(H,33,34,35). The Bertz CT molecular complexity index is 1250. The number of anilines is 2. The summed E-state index contributed by atoms with van der Waals surface area (Å²) in [6.07, 6.45) is -1.10. The van der Waals surface area contributed by atoms with E-state index in [1.165, 1.54) is 6.20 Å². The molecule has 0 unspecified atom stereocenters. The second kappa shape index (κ2) is 11.2. The Morgan fingerprint density at radius 2 is 1.79 bits per heavy atom. The van der Waals surface area contributed by atoms with Crippen LogP contribution in [0.1, 0.15) is 48.5 Å². The maximum atomic E-state index is 13.2. The van der Waals surface area contributed by atoms with Crippen molar-refractivity contribution in [3.05, 3.63) is 65.7 Å². The minimum atomic E-state index is -4.54. The van der Waals surface area contributed by atoms with Crippen molar-refractivity contribution in [1.29, 1.82) is 0 Å². The number of aromatic nitrogens is 2. The van der Waals surface area contributed by atoms with Gasteiger partial charge in [0.2, 0.25) is 5.91 Å². The highest BCUT2D eigenvalue weighted by Crippen LogP contribution is 2.41. The number of nitrogens with zero attached hydrogens (tertiary/aromatic N) is 2. The molecule has 0 spiro atoms. The van der Waals surface area contributed by atoms with Crippen LogP contribution in [0.5, 0.6) is 5.75 Å². The van der Waals surface area contributed by atoms with Gasteiger partial charge in [-0.1, -0.05) is 17.3 Å². The highest BCUT2D eigenvalue weighted by molar-refractivity contribution is 6.02. The van der Waals surface area contributed by atoms with Gasteiger partial charge in [-0.15, -0.1) is 0 Å². The van der Waals surface area contributed by atoms with E-state index in [2.05, 4.69) is 26.1 Å². The molecule has 1 aliphatic heterocycles. The van der Waals surface area contributed by atoms with Crippen molar-refractivity contribution in [3.8, 4) is 5.75 Å². The van der Waals surface area contributed by atoms with Gasteiger partial charge >= 0.3 is 6.18 Å². The summed E-state index contributed by atoms with van der Waals surface area (Å²) >= 11 is 0. The molecule has 2 amide bonds. The average Bonchev–Trinajstić information content (AvgIpc) is 3.35. The van der Waals surface area contributed by atoms with Crippen molar-refractivity contribution in [2.24, 2.45) is 0 Å². The lowest BCUT2D eigenvalue weighted by atomic mass is 9.89. The molecule has 3 aromatic rings. The number of alkyl halides is 3. The fourth-order valence-electron chi connectivity index (χ4n) is 3.73. The zero-order valence-corrected chi connectivity index (χ0v) is 20.9. The average molecular weight is 532 g/mol. The molecule has 3 heterocycles. The van der Waals surface area contributed by atoms with Crippen LogP contribution in [0.15, 0.2) is 53.2 Å². The summed E-state index contributed by atoms with van der Waals surface area (Å²) in [6, 6.07) is 10.9. The van der Waals surface area contributed by atoms with Crippen LogP contribution < -0.4 is 20.7 Å². The number of ether oxygens (including phenoxy) is 1. The van der Waals surface area contributed by atoms with E-state index in [-0.39, 0.29) is 24.0 Å². The Balaban J connectivity index is 1.27. The van der Waals surface area contributed by atoms with Crippen molar-refractivity contribution in [1.82, 2.24) is 15.5 Å². The van der Waals surface area contributed by atoms with Crippen LogP contribution in [-0.4, -0.2) is 47.3 Å². The summed E-state index contributed by atoms with van der Waals surface area (Å²) in [5.74, 6) is -0.776. The molecule has 2 aromatic heterocycles. The van der Waals surface area contributed by atoms with Crippen LogP contribution >= 0.6 is 0 Å². The summed E-state index contributed by atoms with van der Waals surface area (Å²) in [5, 5.41) is 12.0. The predicted octanol–water partition coefficient (Wildman–Crippen LogP) is 4.47. The number of piperidine rings is 1. The van der Waals surface area contributed by atoms with Gasteiger partial charge in [-0.2, -0.15) is 13.2 Å². The van der Waals surface area contributed by atoms with E-state index in [0.29, 0.717) is 17.0 Å². The molecule has 1 fully saturated rings. The third-order valence-corrected chi connectivity index (χ3v) is 6.24. The van der Waals surface area contributed by atoms with Gasteiger partial charge in [-0.05, 0) is 69.6 Å². The van der Waals surface area contributed by atoms with Gasteiger partial charge in [0.05, 0.1) is 12.6 Å². The Hall–Kier alpha value is -3.93. The predicted molar refractivity (Wildman–Crippen MR) is 133 cm³/mol. The van der Waals surface area contributed by atoms with Crippen molar-refractivity contribution in [3.63, 3.8) is 0 Å². The van der Waals surface area contributed by atoms with Gasteiger partial charge in [0.15, 0.2) is 11.6 Å². The number of hydrogen-bond donors (Lipinski definition) is 3. The number of hydrogen-bond acceptors (Lipinski definition) is 7. The summed E-state index contributed by atoms with van der Waals surface area (Å²) in [7, 11) is 0. The highest BCUT2D eigenvalue weighted by Gasteiger charge is 2.51. The van der Waals surface area contributed by atoms with E-state index in [9.17, 15) is 22.8 Å². The Labute approximate surface area is 217 Å². The number of pyridine rings is 1. The van der Waals surface area contributed by atoms with Gasteiger partial charge < -0.3 is 25.2 Å². The van der Waals surface area contributed by atoms with Crippen LogP contribution in [-0.2, 0) is 16.6 Å². The van der Waals surface area contributed by atoms with Gasteiger partial charge in [0.1, 0.15) is 23.0 Å². The first-order valence-corrected chi connectivity index (χ1v) is 12.1. The first kappa shape index (κ1) is 27.1. The van der Waals surface area contributed by atoms with Gasteiger partial charge in [0.25, 0.3) is 5.91 Å². The molecule has 0 saturated carbocycles. The zero-order chi connectivity index (χ0) is 27.3. The van der Waals surface area contributed by atoms with Crippen molar-refractivity contribution in [2.75, 3.05) is 23.7 Å². The minimum Gasteiger partial charge on any atom is -0.489 e. The smallest absolute Gasteiger partial charge is 0.401 e. The summed E-state index contributed by atoms with van der Waals surface area (Å²) in [6.45, 7) is 3.76. The molecule has 9 nitrogen and oxygen atoms in total. The Morgan fingerprint density at radius 3 is 2.42 bits per heavy atom. The first-order chi connectivity index (χ1) is 18.0. The zero-order valence-electron chi connectivity index (χ0n) is 20.9. The van der Waals surface area contributed by atoms with E-state index in [4.69, 9.17) is 9.26 Å². The number of rotatable bonds is 8. The van der Waals surface area contributed by atoms with E-state index in [1.807, 2.05) is 0 Å². The third-order valence-electron chi connectivity index (χ3n) is 6.24. The molecule has 202 valence electrons. The van der Waals surface area contributed by atoms with E-state index >= 15 is 0 Å². The fourth-order valence-corrected chi connectivity index (χ4v) is 3.73. The normalized spacial score (nSPS) is 14.7. The molecule has 12 heteroatoms. The molecule has 4 rings (SSSR count). The molecule has 0 bridgehead atoms. The lowest BCUT2D eigenvalue weighted by Gasteiger charge is -2.24. The molecule has 0 radical (unpaired) electrons. The molecule has 0 aliphatic carbocycles. The lowest BCUT2D eigenvalue weighted by Crippen LogP contribution is -2.35. The quantitative estimate of drug-likeness (QED) is 0.392. The first-order valence-electron chi connectivity index (χ1n) is 12.1. The maximum absolute atomic E-state index is 13.2. The van der Waals surface area contributed by atoms with E-state index in [1.54, 1.807) is 36.4 Å². The SMILES string of the molecule is CC(C)(c1cc(NC(=O)Cc2ccc(NC(=O)c3ccc(OC4CCNCC4)cn3)cc2)no1)C(F)(F)F. The molecular formula is C26H28F3N5O4. The number of nitrogens with one attached hydrogen (secondary N) is 3. The van der Waals surface area contributed by atoms with Crippen LogP contribution in [0, 0.1) is 0 Å². The van der Waals surface area contributed by atoms with Crippen molar-refractivity contribution in [2.45, 2.75) is 50.8 Å². The number of benzene rings is 1. The van der Waals surface area contributed by atoms with E-state index in [0.717, 1.165) is 45.8 Å². The van der Waals surface area contributed by atoms with Crippen molar-refractivity contribution < 1.29 is 32.0 Å². The fraction of sp³-hybridized carbons (Fsp3) is 0.385. The Morgan fingerprint density at radius 1 is 1.08 bits per heavy atom. The second-order valence-corrected chi connectivity index (χ2v) is 9.52. The van der Waals surface area contributed by atoms with Gasteiger partial charge in [-0.3, -0.25) is 9.59 Å². The lowest BCUT2D eigenvalue weighted by molar-refractivity contribution is -0.185. The van der Waals surface area contributed by atoms with Crippen LogP contribution in [0.3, 0.4) is 0 Å². The summed E-state index contributed by atoms with van der Waals surface area (Å²) in [5.41, 5.74) is -0.891. The van der Waals surface area contributed by atoms with E-state index < -0.39 is 29.2 Å². The second-order valence-electron chi connectivity index (χ2n) is 9.52. The third kappa shape index (κ3) is 6.68. The molecule has 1 aromatic carbocycles. The number of carbonyl (C=O) groups excluding carboxylic acids is 2. The van der Waals surface area contributed by atoms with Crippen LogP contribution in [0.4, 0.5) is 24.7 Å². The van der Waals surface area contributed by atoms with Crippen LogP contribution in [0.2, 0.25) is 0 Å². The van der Waals surface area contributed by atoms with Crippen LogP contribution in [0.25, 0.3) is 0 Å². The number of carbonyl (C=O) groups is 2. The van der Waals surface area contributed by atoms with Crippen molar-refractivity contribution >= 4 is 23.3 Å². The number of amides is 2. The summed E-state index contributed by atoms with van der Waals surface area (Å²) in [4.78, 5) is 29.1. The molecule has 38 heavy (non-hydrogen) atoms. The maximum Gasteiger partial charge on any atom is 0.401 e.